The molecule has 1 aromatic rings. The van der Waals surface area contributed by atoms with Crippen LogP contribution in [-0.4, -0.2) is 5.25 Å². The number of thioether (sulfide) groups is 1. The minimum atomic E-state index is 0.488. The van der Waals surface area contributed by atoms with Crippen LogP contribution in [0, 0.1) is 0 Å². The molecule has 0 spiro atoms. The Morgan fingerprint density at radius 2 is 1.90 bits per heavy atom. The van der Waals surface area contributed by atoms with E-state index in [1.54, 1.807) is 0 Å². The molecular weight excluding hydrogens is 260 g/mol. The van der Waals surface area contributed by atoms with Crippen molar-refractivity contribution >= 4 is 11.8 Å². The van der Waals surface area contributed by atoms with Crippen molar-refractivity contribution in [3.05, 3.63) is 66.3 Å². The minimum absolute atomic E-state index is 0.488. The van der Waals surface area contributed by atoms with Crippen molar-refractivity contribution < 1.29 is 0 Å². The number of allylic oxidation sites excluding steroid dienone is 4. The zero-order valence-electron chi connectivity index (χ0n) is 12.9. The molecule has 1 aromatic carbocycles. The minimum Gasteiger partial charge on any atom is -0.118 e. The van der Waals surface area contributed by atoms with E-state index in [9.17, 15) is 0 Å². The van der Waals surface area contributed by atoms with Crippen molar-refractivity contribution in [2.45, 2.75) is 50.2 Å². The number of rotatable bonds is 8. The standard InChI is InChI=1S/C19H26S/c1-5-10-19(20-18-13-7-6-8-14-18)15-17(4)12-9-11-16(2)3/h5-8,11,13-15,19H,1,9-10,12H2,2-4H3/b17-15+. The Bertz CT molecular complexity index is 450. The van der Waals surface area contributed by atoms with Crippen LogP contribution in [0.25, 0.3) is 0 Å². The molecule has 1 atom stereocenters. The van der Waals surface area contributed by atoms with Crippen LogP contribution < -0.4 is 0 Å². The van der Waals surface area contributed by atoms with Crippen LogP contribution in [0.15, 0.2) is 71.2 Å². The molecule has 0 aliphatic rings. The zero-order valence-corrected chi connectivity index (χ0v) is 13.7. The molecular formula is C19H26S. The van der Waals surface area contributed by atoms with E-state index in [0.29, 0.717) is 5.25 Å². The van der Waals surface area contributed by atoms with Gasteiger partial charge in [-0.1, -0.05) is 47.6 Å². The first-order valence-electron chi connectivity index (χ1n) is 7.25. The molecule has 0 amide bonds. The molecule has 1 heteroatoms. The molecule has 0 saturated carbocycles. The highest BCUT2D eigenvalue weighted by molar-refractivity contribution is 8.00. The summed E-state index contributed by atoms with van der Waals surface area (Å²) in [6, 6.07) is 10.6. The summed E-state index contributed by atoms with van der Waals surface area (Å²) in [6.07, 6.45) is 10.0. The third kappa shape index (κ3) is 7.40. The van der Waals surface area contributed by atoms with Gasteiger partial charge in [0, 0.05) is 10.1 Å². The predicted molar refractivity (Wildman–Crippen MR) is 93.3 cm³/mol. The lowest BCUT2D eigenvalue weighted by Gasteiger charge is -2.12. The largest absolute Gasteiger partial charge is 0.118 e. The highest BCUT2D eigenvalue weighted by atomic mass is 32.2. The van der Waals surface area contributed by atoms with Crippen LogP contribution in [-0.2, 0) is 0 Å². The van der Waals surface area contributed by atoms with Crippen molar-refractivity contribution in [2.75, 3.05) is 0 Å². The summed E-state index contributed by atoms with van der Waals surface area (Å²) in [4.78, 5) is 1.33. The topological polar surface area (TPSA) is 0 Å². The zero-order chi connectivity index (χ0) is 14.8. The Labute approximate surface area is 128 Å². The number of benzene rings is 1. The predicted octanol–water partition coefficient (Wildman–Crippen LogP) is 6.42. The SMILES string of the molecule is C=CCC(/C=C(\C)CCC=C(C)C)Sc1ccccc1. The number of hydrogen-bond acceptors (Lipinski definition) is 1. The van der Waals surface area contributed by atoms with E-state index in [0.717, 1.165) is 19.3 Å². The van der Waals surface area contributed by atoms with Gasteiger partial charge < -0.3 is 0 Å². The van der Waals surface area contributed by atoms with Crippen molar-refractivity contribution in [1.29, 1.82) is 0 Å². The smallest absolute Gasteiger partial charge is 0.0311 e. The van der Waals surface area contributed by atoms with E-state index in [-0.39, 0.29) is 0 Å². The quantitative estimate of drug-likeness (QED) is 0.392. The van der Waals surface area contributed by atoms with Gasteiger partial charge in [-0.05, 0) is 52.2 Å². The molecule has 0 radical (unpaired) electrons. The average molecular weight is 286 g/mol. The van der Waals surface area contributed by atoms with Crippen LogP contribution in [0.3, 0.4) is 0 Å². The second-order valence-electron chi connectivity index (χ2n) is 5.33. The van der Waals surface area contributed by atoms with Gasteiger partial charge in [0.25, 0.3) is 0 Å². The summed E-state index contributed by atoms with van der Waals surface area (Å²) in [5.74, 6) is 0. The second kappa shape index (κ2) is 9.66. The van der Waals surface area contributed by atoms with Gasteiger partial charge in [0.1, 0.15) is 0 Å². The van der Waals surface area contributed by atoms with E-state index in [1.165, 1.54) is 16.0 Å². The highest BCUT2D eigenvalue weighted by Gasteiger charge is 2.06. The fourth-order valence-corrected chi connectivity index (χ4v) is 3.17. The molecule has 0 nitrogen and oxygen atoms in total. The van der Waals surface area contributed by atoms with E-state index < -0.39 is 0 Å². The highest BCUT2D eigenvalue weighted by Crippen LogP contribution is 2.27. The van der Waals surface area contributed by atoms with Gasteiger partial charge >= 0.3 is 0 Å². The van der Waals surface area contributed by atoms with Crippen LogP contribution >= 0.6 is 11.8 Å². The molecule has 20 heavy (non-hydrogen) atoms. The molecule has 0 aliphatic carbocycles. The van der Waals surface area contributed by atoms with Gasteiger partial charge in [0.05, 0.1) is 0 Å². The van der Waals surface area contributed by atoms with E-state index >= 15 is 0 Å². The molecule has 1 unspecified atom stereocenters. The van der Waals surface area contributed by atoms with Gasteiger partial charge in [-0.2, -0.15) is 0 Å². The molecule has 1 rings (SSSR count). The summed E-state index contributed by atoms with van der Waals surface area (Å²) in [7, 11) is 0. The Hall–Kier alpha value is -1.21. The summed E-state index contributed by atoms with van der Waals surface area (Å²) >= 11 is 1.92. The van der Waals surface area contributed by atoms with Gasteiger partial charge in [0.15, 0.2) is 0 Å². The molecule has 0 fully saturated rings. The maximum Gasteiger partial charge on any atom is 0.0311 e. The average Bonchev–Trinajstić information content (AvgIpc) is 2.39. The maximum absolute atomic E-state index is 3.88. The van der Waals surface area contributed by atoms with Gasteiger partial charge in [-0.3, -0.25) is 0 Å². The first-order chi connectivity index (χ1) is 9.61. The van der Waals surface area contributed by atoms with Crippen LogP contribution in [0.1, 0.15) is 40.0 Å². The lowest BCUT2D eigenvalue weighted by atomic mass is 10.1. The van der Waals surface area contributed by atoms with Crippen LogP contribution in [0.4, 0.5) is 0 Å². The van der Waals surface area contributed by atoms with Crippen molar-refractivity contribution in [3.63, 3.8) is 0 Å². The molecule has 0 aromatic heterocycles. The Morgan fingerprint density at radius 3 is 2.50 bits per heavy atom. The number of hydrogen-bond donors (Lipinski definition) is 0. The molecule has 0 heterocycles. The first-order valence-corrected chi connectivity index (χ1v) is 8.13. The monoisotopic (exact) mass is 286 g/mol. The maximum atomic E-state index is 3.88. The molecule has 0 bridgehead atoms. The van der Waals surface area contributed by atoms with E-state index in [1.807, 2.05) is 17.8 Å². The third-order valence-corrected chi connectivity index (χ3v) is 4.17. The van der Waals surface area contributed by atoms with Crippen molar-refractivity contribution in [1.82, 2.24) is 0 Å². The van der Waals surface area contributed by atoms with Crippen LogP contribution in [0.5, 0.6) is 0 Å². The fraction of sp³-hybridized carbons (Fsp3) is 0.368. The Balaban J connectivity index is 2.61. The molecule has 0 aliphatic heterocycles. The van der Waals surface area contributed by atoms with Crippen molar-refractivity contribution in [3.8, 4) is 0 Å². The third-order valence-electron chi connectivity index (χ3n) is 2.99. The fourth-order valence-electron chi connectivity index (χ4n) is 1.98. The lowest BCUT2D eigenvalue weighted by Crippen LogP contribution is -1.98. The van der Waals surface area contributed by atoms with E-state index in [4.69, 9.17) is 0 Å². The normalized spacial score (nSPS) is 12.8. The molecule has 0 saturated heterocycles. The molecule has 108 valence electrons. The summed E-state index contributed by atoms with van der Waals surface area (Å²) in [5, 5.41) is 0.488. The molecule has 0 N–H and O–H groups in total. The van der Waals surface area contributed by atoms with Crippen LogP contribution in [0.2, 0.25) is 0 Å². The Kier molecular flexibility index (Phi) is 8.13. The van der Waals surface area contributed by atoms with Gasteiger partial charge in [-0.15, -0.1) is 18.3 Å². The summed E-state index contributed by atoms with van der Waals surface area (Å²) < 4.78 is 0. The Morgan fingerprint density at radius 1 is 1.20 bits per heavy atom. The summed E-state index contributed by atoms with van der Waals surface area (Å²) in [6.45, 7) is 10.4. The summed E-state index contributed by atoms with van der Waals surface area (Å²) in [5.41, 5.74) is 2.87. The van der Waals surface area contributed by atoms with E-state index in [2.05, 4.69) is 69.8 Å². The van der Waals surface area contributed by atoms with Gasteiger partial charge in [-0.25, -0.2) is 0 Å². The van der Waals surface area contributed by atoms with Gasteiger partial charge in [0.2, 0.25) is 0 Å². The first kappa shape index (κ1) is 16.8. The van der Waals surface area contributed by atoms with Crippen molar-refractivity contribution in [2.24, 2.45) is 0 Å². The second-order valence-corrected chi connectivity index (χ2v) is 6.64. The lowest BCUT2D eigenvalue weighted by molar-refractivity contribution is 0.942.